The molecule has 1 aliphatic carbocycles. The van der Waals surface area contributed by atoms with Gasteiger partial charge in [0.05, 0.1) is 5.56 Å². The summed E-state index contributed by atoms with van der Waals surface area (Å²) in [5, 5.41) is 2.64. The molecule has 2 rings (SSSR count). The summed E-state index contributed by atoms with van der Waals surface area (Å²) in [7, 11) is 0. The molecule has 1 fully saturated rings. The van der Waals surface area contributed by atoms with Crippen LogP contribution in [0.3, 0.4) is 0 Å². The van der Waals surface area contributed by atoms with Crippen molar-refractivity contribution in [1.29, 1.82) is 0 Å². The molecule has 1 aliphatic rings. The number of nitrogen functional groups attached to an aromatic ring is 1. The van der Waals surface area contributed by atoms with Crippen molar-refractivity contribution in [3.05, 3.63) is 16.5 Å². The Hall–Kier alpha value is -1.03. The van der Waals surface area contributed by atoms with Gasteiger partial charge in [0.25, 0.3) is 0 Å². The van der Waals surface area contributed by atoms with Crippen molar-refractivity contribution in [2.75, 3.05) is 5.73 Å². The SMILES string of the molecule is CC(C)(C)OC(=O)c1c(C2CCCCC2)csc1N. The van der Waals surface area contributed by atoms with Crippen molar-refractivity contribution >= 4 is 22.3 Å². The number of nitrogens with two attached hydrogens (primary N) is 1. The highest BCUT2D eigenvalue weighted by atomic mass is 32.1. The molecule has 4 heteroatoms. The van der Waals surface area contributed by atoms with Gasteiger partial charge in [-0.2, -0.15) is 0 Å². The molecule has 1 aromatic rings. The van der Waals surface area contributed by atoms with Gasteiger partial charge in [-0.3, -0.25) is 0 Å². The first-order chi connectivity index (χ1) is 8.88. The quantitative estimate of drug-likeness (QED) is 0.821. The van der Waals surface area contributed by atoms with Crippen molar-refractivity contribution in [2.24, 2.45) is 0 Å². The van der Waals surface area contributed by atoms with Crippen LogP contribution in [-0.4, -0.2) is 11.6 Å². The van der Waals surface area contributed by atoms with Crippen LogP contribution in [-0.2, 0) is 4.74 Å². The monoisotopic (exact) mass is 281 g/mol. The molecule has 0 aromatic carbocycles. The van der Waals surface area contributed by atoms with Crippen LogP contribution in [0, 0.1) is 0 Å². The third kappa shape index (κ3) is 3.50. The normalized spacial score (nSPS) is 17.4. The van der Waals surface area contributed by atoms with Gasteiger partial charge in [-0.15, -0.1) is 11.3 Å². The molecule has 0 saturated heterocycles. The van der Waals surface area contributed by atoms with Crippen molar-refractivity contribution in [3.63, 3.8) is 0 Å². The predicted octanol–water partition coefficient (Wildman–Crippen LogP) is 4.33. The van der Waals surface area contributed by atoms with Gasteiger partial charge in [0.1, 0.15) is 10.6 Å². The zero-order valence-electron chi connectivity index (χ0n) is 12.0. The second kappa shape index (κ2) is 5.53. The van der Waals surface area contributed by atoms with E-state index >= 15 is 0 Å². The molecule has 106 valence electrons. The molecule has 2 N–H and O–H groups in total. The second-order valence-corrected chi connectivity index (χ2v) is 7.18. The molecular formula is C15H23NO2S. The highest BCUT2D eigenvalue weighted by Crippen LogP contribution is 2.39. The molecule has 0 atom stereocenters. The first kappa shape index (κ1) is 14.4. The van der Waals surface area contributed by atoms with Crippen LogP contribution in [0.2, 0.25) is 0 Å². The number of rotatable bonds is 2. The van der Waals surface area contributed by atoms with Crippen LogP contribution in [0.5, 0.6) is 0 Å². The Balaban J connectivity index is 2.24. The van der Waals surface area contributed by atoms with E-state index in [4.69, 9.17) is 10.5 Å². The summed E-state index contributed by atoms with van der Waals surface area (Å²) in [6.07, 6.45) is 6.11. The van der Waals surface area contributed by atoms with Crippen LogP contribution < -0.4 is 5.73 Å². The molecule has 0 radical (unpaired) electrons. The number of carbonyl (C=O) groups excluding carboxylic acids is 1. The fourth-order valence-corrected chi connectivity index (χ4v) is 3.53. The maximum Gasteiger partial charge on any atom is 0.341 e. The van der Waals surface area contributed by atoms with E-state index < -0.39 is 5.60 Å². The zero-order valence-corrected chi connectivity index (χ0v) is 12.8. The Bertz CT molecular complexity index is 453. The van der Waals surface area contributed by atoms with E-state index in [0.717, 1.165) is 18.4 Å². The molecule has 1 heterocycles. The minimum atomic E-state index is -0.477. The Kier molecular flexibility index (Phi) is 4.19. The van der Waals surface area contributed by atoms with Gasteiger partial charge in [0.2, 0.25) is 0 Å². The number of thiophene rings is 1. The van der Waals surface area contributed by atoms with E-state index in [0.29, 0.717) is 16.5 Å². The summed E-state index contributed by atoms with van der Waals surface area (Å²) in [4.78, 5) is 12.3. The lowest BCUT2D eigenvalue weighted by Gasteiger charge is -2.24. The predicted molar refractivity (Wildman–Crippen MR) is 79.7 cm³/mol. The van der Waals surface area contributed by atoms with Gasteiger partial charge in [0, 0.05) is 0 Å². The molecule has 0 spiro atoms. The molecule has 1 aromatic heterocycles. The highest BCUT2D eigenvalue weighted by molar-refractivity contribution is 7.14. The highest BCUT2D eigenvalue weighted by Gasteiger charge is 2.28. The van der Waals surface area contributed by atoms with Crippen LogP contribution >= 0.6 is 11.3 Å². The summed E-state index contributed by atoms with van der Waals surface area (Å²) < 4.78 is 5.48. The van der Waals surface area contributed by atoms with Crippen LogP contribution in [0.4, 0.5) is 5.00 Å². The summed E-state index contributed by atoms with van der Waals surface area (Å²) in [5.41, 5.74) is 7.23. The van der Waals surface area contributed by atoms with E-state index in [1.54, 1.807) is 0 Å². The lowest BCUT2D eigenvalue weighted by Crippen LogP contribution is -2.25. The van der Waals surface area contributed by atoms with Crippen LogP contribution in [0.1, 0.15) is 74.7 Å². The van der Waals surface area contributed by atoms with E-state index in [1.165, 1.54) is 30.6 Å². The second-order valence-electron chi connectivity index (χ2n) is 6.27. The average molecular weight is 281 g/mol. The van der Waals surface area contributed by atoms with E-state index in [-0.39, 0.29) is 5.97 Å². The lowest BCUT2D eigenvalue weighted by molar-refractivity contribution is 0.00694. The lowest BCUT2D eigenvalue weighted by atomic mass is 9.83. The van der Waals surface area contributed by atoms with Gasteiger partial charge < -0.3 is 10.5 Å². The maximum atomic E-state index is 12.3. The van der Waals surface area contributed by atoms with Crippen LogP contribution in [0.15, 0.2) is 5.38 Å². The third-order valence-corrected chi connectivity index (χ3v) is 4.33. The van der Waals surface area contributed by atoms with E-state index in [9.17, 15) is 4.79 Å². The molecular weight excluding hydrogens is 258 g/mol. The van der Waals surface area contributed by atoms with Gasteiger partial charge in [0.15, 0.2) is 0 Å². The standard InChI is InChI=1S/C15H23NO2S/c1-15(2,3)18-14(17)12-11(9-19-13(12)16)10-7-5-4-6-8-10/h9-10H,4-8,16H2,1-3H3. The molecule has 19 heavy (non-hydrogen) atoms. The molecule has 0 amide bonds. The van der Waals surface area contributed by atoms with Crippen molar-refractivity contribution in [3.8, 4) is 0 Å². The number of esters is 1. The number of hydrogen-bond donors (Lipinski definition) is 1. The zero-order chi connectivity index (χ0) is 14.0. The van der Waals surface area contributed by atoms with Gasteiger partial charge in [-0.25, -0.2) is 4.79 Å². The van der Waals surface area contributed by atoms with Gasteiger partial charge >= 0.3 is 5.97 Å². The molecule has 3 nitrogen and oxygen atoms in total. The fourth-order valence-electron chi connectivity index (χ4n) is 2.65. The Labute approximate surface area is 119 Å². The molecule has 0 bridgehead atoms. The number of anilines is 1. The largest absolute Gasteiger partial charge is 0.456 e. The van der Waals surface area contributed by atoms with E-state index in [2.05, 4.69) is 0 Å². The van der Waals surface area contributed by atoms with Gasteiger partial charge in [-0.1, -0.05) is 19.3 Å². The Morgan fingerprint density at radius 2 is 1.95 bits per heavy atom. The summed E-state index contributed by atoms with van der Waals surface area (Å²) in [6.45, 7) is 5.65. The van der Waals surface area contributed by atoms with Gasteiger partial charge in [-0.05, 0) is 50.5 Å². The smallest absolute Gasteiger partial charge is 0.341 e. The first-order valence-electron chi connectivity index (χ1n) is 6.98. The summed E-state index contributed by atoms with van der Waals surface area (Å²) in [6, 6.07) is 0. The van der Waals surface area contributed by atoms with Crippen molar-refractivity contribution < 1.29 is 9.53 Å². The van der Waals surface area contributed by atoms with Crippen molar-refractivity contribution in [2.45, 2.75) is 64.4 Å². The number of ether oxygens (including phenoxy) is 1. The number of hydrogen-bond acceptors (Lipinski definition) is 4. The van der Waals surface area contributed by atoms with Crippen molar-refractivity contribution in [1.82, 2.24) is 0 Å². The van der Waals surface area contributed by atoms with Crippen LogP contribution in [0.25, 0.3) is 0 Å². The number of carbonyl (C=O) groups is 1. The topological polar surface area (TPSA) is 52.3 Å². The summed E-state index contributed by atoms with van der Waals surface area (Å²) in [5.74, 6) is 0.205. The molecule has 1 saturated carbocycles. The average Bonchev–Trinajstić information content (AvgIpc) is 2.70. The minimum Gasteiger partial charge on any atom is -0.456 e. The molecule has 0 unspecified atom stereocenters. The third-order valence-electron chi connectivity index (χ3n) is 3.50. The van der Waals surface area contributed by atoms with E-state index in [1.807, 2.05) is 26.2 Å². The summed E-state index contributed by atoms with van der Waals surface area (Å²) >= 11 is 1.46. The minimum absolute atomic E-state index is 0.271. The Morgan fingerprint density at radius 3 is 2.53 bits per heavy atom. The molecule has 0 aliphatic heterocycles. The first-order valence-corrected chi connectivity index (χ1v) is 7.86. The fraction of sp³-hybridized carbons (Fsp3) is 0.667. The Morgan fingerprint density at radius 1 is 1.32 bits per heavy atom. The maximum absolute atomic E-state index is 12.3.